The van der Waals surface area contributed by atoms with Crippen molar-refractivity contribution in [2.45, 2.75) is 13.5 Å². The molecule has 0 radical (unpaired) electrons. The van der Waals surface area contributed by atoms with Crippen LogP contribution in [0.1, 0.15) is 12.5 Å². The maximum absolute atomic E-state index is 12.5. The number of likely N-dealkylation sites (N-methyl/N-ethyl adjacent to an activating group) is 1. The third kappa shape index (κ3) is 4.45. The van der Waals surface area contributed by atoms with Crippen molar-refractivity contribution in [2.24, 2.45) is 0 Å². The van der Waals surface area contributed by atoms with Gasteiger partial charge < -0.3 is 14.8 Å². The van der Waals surface area contributed by atoms with E-state index < -0.39 is 12.5 Å². The summed E-state index contributed by atoms with van der Waals surface area (Å²) in [6, 6.07) is 6.16. The van der Waals surface area contributed by atoms with Gasteiger partial charge in [0.2, 0.25) is 0 Å². The average molecular weight is 296 g/mol. The van der Waals surface area contributed by atoms with Crippen LogP contribution in [-0.2, 0) is 4.79 Å². The number of ether oxygens (including phenoxy) is 2. The molecule has 0 atom stereocenters. The van der Waals surface area contributed by atoms with Crippen molar-refractivity contribution in [3.05, 3.63) is 29.3 Å². The number of nitriles is 1. The highest BCUT2D eigenvalue weighted by atomic mass is 19.3. The van der Waals surface area contributed by atoms with Crippen LogP contribution in [0.3, 0.4) is 0 Å². The Kier molecular flexibility index (Phi) is 6.14. The van der Waals surface area contributed by atoms with Crippen molar-refractivity contribution in [1.29, 1.82) is 5.26 Å². The number of amides is 1. The minimum atomic E-state index is -3.05. The van der Waals surface area contributed by atoms with E-state index in [2.05, 4.69) is 10.1 Å². The van der Waals surface area contributed by atoms with Crippen LogP contribution >= 0.6 is 0 Å². The SMILES string of the molecule is CCOc1cccc(/C=C(\C#N)C(=O)NC)c1OC(F)F. The largest absolute Gasteiger partial charge is 0.490 e. The van der Waals surface area contributed by atoms with E-state index in [0.717, 1.165) is 0 Å². The summed E-state index contributed by atoms with van der Waals surface area (Å²) in [5.41, 5.74) is -0.0772. The summed E-state index contributed by atoms with van der Waals surface area (Å²) in [6.45, 7) is -1.10. The molecule has 5 nitrogen and oxygen atoms in total. The smallest absolute Gasteiger partial charge is 0.387 e. The molecule has 0 aliphatic heterocycles. The van der Waals surface area contributed by atoms with Crippen molar-refractivity contribution in [2.75, 3.05) is 13.7 Å². The first-order chi connectivity index (χ1) is 10.0. The molecule has 1 amide bonds. The number of para-hydroxylation sites is 1. The van der Waals surface area contributed by atoms with Crippen molar-refractivity contribution in [3.63, 3.8) is 0 Å². The fourth-order valence-corrected chi connectivity index (χ4v) is 1.57. The number of hydrogen-bond donors (Lipinski definition) is 1. The highest BCUT2D eigenvalue weighted by molar-refractivity contribution is 6.01. The summed E-state index contributed by atoms with van der Waals surface area (Å²) in [5.74, 6) is -0.728. The van der Waals surface area contributed by atoms with Crippen molar-refractivity contribution < 1.29 is 23.0 Å². The van der Waals surface area contributed by atoms with Crippen LogP contribution in [-0.4, -0.2) is 26.2 Å². The van der Waals surface area contributed by atoms with Gasteiger partial charge >= 0.3 is 6.61 Å². The highest BCUT2D eigenvalue weighted by Crippen LogP contribution is 2.34. The first-order valence-corrected chi connectivity index (χ1v) is 6.08. The van der Waals surface area contributed by atoms with Crippen LogP contribution in [0.25, 0.3) is 6.08 Å². The molecule has 0 heterocycles. The maximum atomic E-state index is 12.5. The van der Waals surface area contributed by atoms with Crippen molar-refractivity contribution in [3.8, 4) is 17.6 Å². The second kappa shape index (κ2) is 7.85. The Balaban J connectivity index is 3.34. The number of alkyl halides is 2. The fourth-order valence-electron chi connectivity index (χ4n) is 1.57. The summed E-state index contributed by atoms with van der Waals surface area (Å²) >= 11 is 0. The summed E-state index contributed by atoms with van der Waals surface area (Å²) in [6.07, 6.45) is 1.17. The average Bonchev–Trinajstić information content (AvgIpc) is 2.46. The molecule has 1 rings (SSSR count). The van der Waals surface area contributed by atoms with Gasteiger partial charge in [0.1, 0.15) is 11.6 Å². The van der Waals surface area contributed by atoms with Gasteiger partial charge in [-0.2, -0.15) is 14.0 Å². The molecule has 21 heavy (non-hydrogen) atoms. The van der Waals surface area contributed by atoms with E-state index in [4.69, 9.17) is 10.00 Å². The number of nitrogens with zero attached hydrogens (tertiary/aromatic N) is 1. The van der Waals surface area contributed by atoms with E-state index in [1.165, 1.54) is 25.3 Å². The molecular formula is C14H14F2N2O3. The van der Waals surface area contributed by atoms with Gasteiger partial charge in [-0.1, -0.05) is 12.1 Å². The van der Waals surface area contributed by atoms with Crippen LogP contribution in [0, 0.1) is 11.3 Å². The zero-order valence-corrected chi connectivity index (χ0v) is 11.5. The van der Waals surface area contributed by atoms with E-state index in [9.17, 15) is 13.6 Å². The number of rotatable bonds is 6. The van der Waals surface area contributed by atoms with Gasteiger partial charge in [-0.25, -0.2) is 0 Å². The van der Waals surface area contributed by atoms with E-state index in [0.29, 0.717) is 0 Å². The Hall–Kier alpha value is -2.62. The van der Waals surface area contributed by atoms with Crippen molar-refractivity contribution >= 4 is 12.0 Å². The molecule has 0 fully saturated rings. The zero-order valence-electron chi connectivity index (χ0n) is 11.5. The molecule has 0 saturated carbocycles. The molecule has 7 heteroatoms. The Labute approximate surface area is 120 Å². The minimum Gasteiger partial charge on any atom is -0.490 e. The van der Waals surface area contributed by atoms with E-state index >= 15 is 0 Å². The number of halogens is 2. The molecule has 0 spiro atoms. The molecular weight excluding hydrogens is 282 g/mol. The molecule has 0 bridgehead atoms. The van der Waals surface area contributed by atoms with E-state index in [1.54, 1.807) is 19.1 Å². The van der Waals surface area contributed by atoms with Crippen molar-refractivity contribution in [1.82, 2.24) is 5.32 Å². The first-order valence-electron chi connectivity index (χ1n) is 6.08. The summed E-state index contributed by atoms with van der Waals surface area (Å²) in [5, 5.41) is 11.2. The van der Waals surface area contributed by atoms with Gasteiger partial charge in [0, 0.05) is 12.6 Å². The monoisotopic (exact) mass is 296 g/mol. The fraction of sp³-hybridized carbons (Fsp3) is 0.286. The summed E-state index contributed by atoms with van der Waals surface area (Å²) in [7, 11) is 1.36. The Morgan fingerprint density at radius 2 is 2.24 bits per heavy atom. The lowest BCUT2D eigenvalue weighted by Crippen LogP contribution is -2.19. The molecule has 0 aromatic heterocycles. The molecule has 1 aromatic carbocycles. The van der Waals surface area contributed by atoms with E-state index in [-0.39, 0.29) is 29.2 Å². The first kappa shape index (κ1) is 16.4. The van der Waals surface area contributed by atoms with Gasteiger partial charge in [-0.05, 0) is 19.1 Å². The third-order valence-corrected chi connectivity index (χ3v) is 2.41. The Bertz CT molecular complexity index is 580. The molecule has 1 N–H and O–H groups in total. The highest BCUT2D eigenvalue weighted by Gasteiger charge is 2.16. The van der Waals surface area contributed by atoms with Gasteiger partial charge in [0.15, 0.2) is 11.5 Å². The molecule has 0 aliphatic carbocycles. The molecule has 112 valence electrons. The van der Waals surface area contributed by atoms with Crippen LogP contribution < -0.4 is 14.8 Å². The molecule has 0 saturated heterocycles. The van der Waals surface area contributed by atoms with Gasteiger partial charge in [0.25, 0.3) is 5.91 Å². The minimum absolute atomic E-state index is 0.112. The van der Waals surface area contributed by atoms with Gasteiger partial charge in [-0.15, -0.1) is 0 Å². The second-order valence-electron chi connectivity index (χ2n) is 3.73. The summed E-state index contributed by atoms with van der Waals surface area (Å²) in [4.78, 5) is 11.5. The quantitative estimate of drug-likeness (QED) is 0.646. The van der Waals surface area contributed by atoms with Gasteiger partial charge in [0.05, 0.1) is 6.61 Å². The number of nitrogens with one attached hydrogen (secondary N) is 1. The van der Waals surface area contributed by atoms with Crippen LogP contribution in [0.15, 0.2) is 23.8 Å². The van der Waals surface area contributed by atoms with Crippen LogP contribution in [0.2, 0.25) is 0 Å². The maximum Gasteiger partial charge on any atom is 0.387 e. The number of hydrogen-bond acceptors (Lipinski definition) is 4. The third-order valence-electron chi connectivity index (χ3n) is 2.41. The number of carbonyl (C=O) groups excluding carboxylic acids is 1. The normalized spacial score (nSPS) is 11.0. The molecule has 0 unspecified atom stereocenters. The lowest BCUT2D eigenvalue weighted by atomic mass is 10.1. The lowest BCUT2D eigenvalue weighted by molar-refractivity contribution is -0.116. The zero-order chi connectivity index (χ0) is 15.8. The standard InChI is InChI=1S/C14H14F2N2O3/c1-3-20-11-6-4-5-9(12(11)21-14(15)16)7-10(8-17)13(19)18-2/h4-7,14H,3H2,1-2H3,(H,18,19)/b10-7+. The number of carbonyl (C=O) groups is 1. The second-order valence-corrected chi connectivity index (χ2v) is 3.73. The molecule has 1 aromatic rings. The van der Waals surface area contributed by atoms with Gasteiger partial charge in [-0.3, -0.25) is 4.79 Å². The molecule has 0 aliphatic rings. The predicted molar refractivity (Wildman–Crippen MR) is 71.9 cm³/mol. The van der Waals surface area contributed by atoms with Crippen LogP contribution in [0.4, 0.5) is 8.78 Å². The van der Waals surface area contributed by atoms with Crippen LogP contribution in [0.5, 0.6) is 11.5 Å². The van der Waals surface area contributed by atoms with E-state index in [1.807, 2.05) is 0 Å². The Morgan fingerprint density at radius 3 is 2.76 bits per heavy atom. The summed E-state index contributed by atoms with van der Waals surface area (Å²) < 4.78 is 34.7. The topological polar surface area (TPSA) is 71.3 Å². The predicted octanol–water partition coefficient (Wildman–Crippen LogP) is 2.34. The lowest BCUT2D eigenvalue weighted by Gasteiger charge is -2.13. The Morgan fingerprint density at radius 1 is 1.52 bits per heavy atom. The number of benzene rings is 1.